The molecule has 0 aliphatic carbocycles. The fourth-order valence-electron chi connectivity index (χ4n) is 1.41. The summed E-state index contributed by atoms with van der Waals surface area (Å²) in [7, 11) is 0. The maximum Gasteiger partial charge on any atom is 0.0917 e. The van der Waals surface area contributed by atoms with Crippen LogP contribution in [-0.4, -0.2) is 29.6 Å². The van der Waals surface area contributed by atoms with Crippen molar-refractivity contribution in [2.24, 2.45) is 0 Å². The zero-order valence-electron chi connectivity index (χ0n) is 8.87. The Morgan fingerprint density at radius 2 is 1.69 bits per heavy atom. The quantitative estimate of drug-likeness (QED) is 0.746. The molecule has 1 atom stereocenters. The summed E-state index contributed by atoms with van der Waals surface area (Å²) >= 11 is 0. The van der Waals surface area contributed by atoms with Crippen molar-refractivity contribution in [1.29, 1.82) is 10.5 Å². The summed E-state index contributed by atoms with van der Waals surface area (Å²) in [6, 6.07) is 13.2. The van der Waals surface area contributed by atoms with E-state index in [0.29, 0.717) is 6.54 Å². The summed E-state index contributed by atoms with van der Waals surface area (Å²) in [5, 5.41) is 27.0. The van der Waals surface area contributed by atoms with E-state index in [9.17, 15) is 5.11 Å². The van der Waals surface area contributed by atoms with Gasteiger partial charge in [-0.1, -0.05) is 30.3 Å². The van der Waals surface area contributed by atoms with Crippen molar-refractivity contribution in [2.75, 3.05) is 19.6 Å². The second kappa shape index (κ2) is 6.58. The summed E-state index contributed by atoms with van der Waals surface area (Å²) in [5.74, 6) is 0. The molecule has 16 heavy (non-hydrogen) atoms. The van der Waals surface area contributed by atoms with Crippen LogP contribution in [0.1, 0.15) is 11.7 Å². The summed E-state index contributed by atoms with van der Waals surface area (Å²) in [4.78, 5) is 1.61. The molecule has 0 aromatic heterocycles. The van der Waals surface area contributed by atoms with Gasteiger partial charge in [0.05, 0.1) is 31.3 Å². The van der Waals surface area contributed by atoms with E-state index in [0.717, 1.165) is 5.56 Å². The van der Waals surface area contributed by atoms with Gasteiger partial charge < -0.3 is 5.11 Å². The second-order valence-electron chi connectivity index (χ2n) is 3.41. The van der Waals surface area contributed by atoms with Crippen molar-refractivity contribution in [1.82, 2.24) is 4.90 Å². The van der Waals surface area contributed by atoms with Gasteiger partial charge in [-0.25, -0.2) is 0 Å². The fourth-order valence-corrected chi connectivity index (χ4v) is 1.41. The van der Waals surface area contributed by atoms with Crippen LogP contribution >= 0.6 is 0 Å². The molecule has 1 aromatic carbocycles. The highest BCUT2D eigenvalue weighted by Gasteiger charge is 2.12. The number of hydrogen-bond acceptors (Lipinski definition) is 4. The smallest absolute Gasteiger partial charge is 0.0917 e. The number of nitrogens with zero attached hydrogens (tertiary/aromatic N) is 3. The lowest BCUT2D eigenvalue weighted by Gasteiger charge is -2.19. The lowest BCUT2D eigenvalue weighted by atomic mass is 10.1. The van der Waals surface area contributed by atoms with Crippen LogP contribution in [0.4, 0.5) is 0 Å². The number of aliphatic hydroxyl groups excluding tert-OH is 1. The fraction of sp³-hybridized carbons (Fsp3) is 0.333. The molecule has 0 aliphatic rings. The van der Waals surface area contributed by atoms with Crippen LogP contribution < -0.4 is 0 Å². The van der Waals surface area contributed by atoms with Crippen LogP contribution in [0.5, 0.6) is 0 Å². The number of nitriles is 2. The van der Waals surface area contributed by atoms with E-state index in [1.807, 2.05) is 42.5 Å². The van der Waals surface area contributed by atoms with E-state index >= 15 is 0 Å². The first kappa shape index (κ1) is 12.2. The summed E-state index contributed by atoms with van der Waals surface area (Å²) in [6.45, 7) is 0.597. The van der Waals surface area contributed by atoms with Gasteiger partial charge in [0.15, 0.2) is 0 Å². The van der Waals surface area contributed by atoms with E-state index in [4.69, 9.17) is 10.5 Å². The van der Waals surface area contributed by atoms with Crippen molar-refractivity contribution in [3.63, 3.8) is 0 Å². The van der Waals surface area contributed by atoms with Gasteiger partial charge in [-0.3, -0.25) is 4.90 Å². The Hall–Kier alpha value is -1.88. The predicted octanol–water partition coefficient (Wildman–Crippen LogP) is 1.07. The molecule has 1 unspecified atom stereocenters. The van der Waals surface area contributed by atoms with Crippen LogP contribution in [0.2, 0.25) is 0 Å². The molecular formula is C12H13N3O. The van der Waals surface area contributed by atoms with E-state index in [1.54, 1.807) is 4.90 Å². The van der Waals surface area contributed by atoms with Crippen LogP contribution in [0.3, 0.4) is 0 Å². The molecular weight excluding hydrogens is 202 g/mol. The first-order valence-corrected chi connectivity index (χ1v) is 4.97. The average molecular weight is 215 g/mol. The zero-order chi connectivity index (χ0) is 11.8. The Morgan fingerprint density at radius 1 is 1.12 bits per heavy atom. The molecule has 0 saturated heterocycles. The van der Waals surface area contributed by atoms with Gasteiger partial charge in [0.1, 0.15) is 0 Å². The Bertz CT molecular complexity index is 375. The van der Waals surface area contributed by atoms with Gasteiger partial charge in [0.2, 0.25) is 0 Å². The van der Waals surface area contributed by atoms with Gasteiger partial charge in [-0.15, -0.1) is 0 Å². The first-order chi connectivity index (χ1) is 7.77. The molecule has 1 aromatic rings. The van der Waals surface area contributed by atoms with Crippen LogP contribution in [-0.2, 0) is 0 Å². The molecule has 0 saturated carbocycles. The molecule has 0 spiro atoms. The summed E-state index contributed by atoms with van der Waals surface area (Å²) in [6.07, 6.45) is -0.664. The van der Waals surface area contributed by atoms with E-state index in [1.165, 1.54) is 0 Å². The molecule has 1 N–H and O–H groups in total. The third-order valence-electron chi connectivity index (χ3n) is 2.20. The minimum atomic E-state index is -0.664. The van der Waals surface area contributed by atoms with E-state index in [-0.39, 0.29) is 13.1 Å². The Morgan fingerprint density at radius 3 is 2.19 bits per heavy atom. The highest BCUT2D eigenvalue weighted by molar-refractivity contribution is 5.17. The number of benzene rings is 1. The highest BCUT2D eigenvalue weighted by Crippen LogP contribution is 2.13. The van der Waals surface area contributed by atoms with Gasteiger partial charge in [-0.2, -0.15) is 10.5 Å². The Labute approximate surface area is 95.0 Å². The van der Waals surface area contributed by atoms with Crippen LogP contribution in [0.15, 0.2) is 30.3 Å². The molecule has 0 aliphatic heterocycles. The Kier molecular flexibility index (Phi) is 5.01. The van der Waals surface area contributed by atoms with E-state index in [2.05, 4.69) is 0 Å². The van der Waals surface area contributed by atoms with Crippen molar-refractivity contribution in [2.45, 2.75) is 6.10 Å². The van der Waals surface area contributed by atoms with E-state index < -0.39 is 6.10 Å². The monoisotopic (exact) mass is 215 g/mol. The van der Waals surface area contributed by atoms with Crippen molar-refractivity contribution in [3.05, 3.63) is 35.9 Å². The molecule has 0 fully saturated rings. The normalized spacial score (nSPS) is 11.8. The standard InChI is InChI=1S/C12H13N3O/c13-6-8-15(9-7-14)10-12(16)11-4-2-1-3-5-11/h1-5,12,16H,8-10H2. The molecule has 0 heterocycles. The van der Waals surface area contributed by atoms with Gasteiger partial charge in [0.25, 0.3) is 0 Å². The minimum Gasteiger partial charge on any atom is -0.387 e. The lowest BCUT2D eigenvalue weighted by molar-refractivity contribution is 0.127. The second-order valence-corrected chi connectivity index (χ2v) is 3.41. The topological polar surface area (TPSA) is 71.0 Å². The van der Waals surface area contributed by atoms with Crippen LogP contribution in [0.25, 0.3) is 0 Å². The van der Waals surface area contributed by atoms with Gasteiger partial charge in [-0.05, 0) is 5.56 Å². The molecule has 4 heteroatoms. The largest absolute Gasteiger partial charge is 0.387 e. The third kappa shape index (κ3) is 3.70. The summed E-state index contributed by atoms with van der Waals surface area (Å²) < 4.78 is 0. The van der Waals surface area contributed by atoms with Crippen molar-refractivity contribution < 1.29 is 5.11 Å². The van der Waals surface area contributed by atoms with Crippen molar-refractivity contribution in [3.8, 4) is 12.1 Å². The lowest BCUT2D eigenvalue weighted by Crippen LogP contribution is -2.29. The Balaban J connectivity index is 2.59. The molecule has 1 rings (SSSR count). The average Bonchev–Trinajstić information content (AvgIpc) is 2.31. The maximum absolute atomic E-state index is 9.88. The van der Waals surface area contributed by atoms with Gasteiger partial charge in [0, 0.05) is 6.54 Å². The third-order valence-corrected chi connectivity index (χ3v) is 2.20. The number of hydrogen-bond donors (Lipinski definition) is 1. The van der Waals surface area contributed by atoms with Gasteiger partial charge >= 0.3 is 0 Å². The molecule has 82 valence electrons. The van der Waals surface area contributed by atoms with Crippen molar-refractivity contribution >= 4 is 0 Å². The predicted molar refractivity (Wildman–Crippen MR) is 59.1 cm³/mol. The molecule has 0 bridgehead atoms. The zero-order valence-corrected chi connectivity index (χ0v) is 8.87. The summed E-state index contributed by atoms with van der Waals surface area (Å²) in [5.41, 5.74) is 0.795. The molecule has 0 radical (unpaired) electrons. The van der Waals surface area contributed by atoms with Crippen LogP contribution in [0, 0.1) is 22.7 Å². The first-order valence-electron chi connectivity index (χ1n) is 4.97. The number of aliphatic hydroxyl groups is 1. The minimum absolute atomic E-state index is 0.150. The maximum atomic E-state index is 9.88. The molecule has 4 nitrogen and oxygen atoms in total. The highest BCUT2D eigenvalue weighted by atomic mass is 16.3. The number of rotatable bonds is 5. The SMILES string of the molecule is N#CCN(CC#N)CC(O)c1ccccc1. The molecule has 0 amide bonds.